The highest BCUT2D eigenvalue weighted by molar-refractivity contribution is 7.91. The van der Waals surface area contributed by atoms with Gasteiger partial charge in [0.1, 0.15) is 0 Å². The molecule has 0 bridgehead atoms. The van der Waals surface area contributed by atoms with E-state index in [0.29, 0.717) is 11.1 Å². The van der Waals surface area contributed by atoms with Crippen molar-refractivity contribution < 1.29 is 13.2 Å². The lowest BCUT2D eigenvalue weighted by molar-refractivity contribution is 0.102. The zero-order valence-corrected chi connectivity index (χ0v) is 13.6. The number of tetrazole rings is 1. The molecule has 22 heavy (non-hydrogen) atoms. The number of carbonyl (C=O) groups is 1. The van der Waals surface area contributed by atoms with Crippen molar-refractivity contribution in [2.75, 3.05) is 11.1 Å². The zero-order valence-electron chi connectivity index (χ0n) is 12.8. The number of carbonyl (C=O) groups excluding carboxylic acids is 1. The predicted molar refractivity (Wildman–Crippen MR) is 80.4 cm³/mol. The second-order valence-electron chi connectivity index (χ2n) is 4.87. The summed E-state index contributed by atoms with van der Waals surface area (Å²) in [5.41, 5.74) is 1.33. The fraction of sp³-hybridized carbons (Fsp3) is 0.385. The standard InChI is InChI=1S/C13H17N5O3S/c1-5-22(20,21)11-8(2)6-7-10(9(11)3)12(19)14-13-15-16-17-18(13)4/h6-7H,5H2,1-4H3,(H,14,15,17,19). The number of hydrogen-bond donors (Lipinski definition) is 1. The lowest BCUT2D eigenvalue weighted by Gasteiger charge is -2.13. The summed E-state index contributed by atoms with van der Waals surface area (Å²) in [6.45, 7) is 4.91. The largest absolute Gasteiger partial charge is 0.289 e. The first-order valence-corrected chi connectivity index (χ1v) is 8.29. The maximum Gasteiger partial charge on any atom is 0.258 e. The highest BCUT2D eigenvalue weighted by atomic mass is 32.2. The number of benzene rings is 1. The molecule has 1 aromatic heterocycles. The molecular formula is C13H17N5O3S. The first-order valence-electron chi connectivity index (χ1n) is 6.64. The van der Waals surface area contributed by atoms with Crippen LogP contribution >= 0.6 is 0 Å². The number of sulfone groups is 1. The molecule has 0 aliphatic heterocycles. The van der Waals surface area contributed by atoms with Gasteiger partial charge >= 0.3 is 0 Å². The van der Waals surface area contributed by atoms with Crippen LogP contribution in [-0.2, 0) is 16.9 Å². The van der Waals surface area contributed by atoms with Gasteiger partial charge in [-0.1, -0.05) is 18.1 Å². The molecule has 1 amide bonds. The third-order valence-corrected chi connectivity index (χ3v) is 5.39. The summed E-state index contributed by atoms with van der Waals surface area (Å²) in [4.78, 5) is 12.6. The summed E-state index contributed by atoms with van der Waals surface area (Å²) in [5, 5.41) is 13.3. The Morgan fingerprint density at radius 1 is 1.32 bits per heavy atom. The fourth-order valence-electron chi connectivity index (χ4n) is 2.20. The van der Waals surface area contributed by atoms with Crippen molar-refractivity contribution in [3.63, 3.8) is 0 Å². The van der Waals surface area contributed by atoms with E-state index in [9.17, 15) is 13.2 Å². The minimum Gasteiger partial charge on any atom is -0.289 e. The van der Waals surface area contributed by atoms with E-state index in [4.69, 9.17) is 0 Å². The molecule has 9 heteroatoms. The van der Waals surface area contributed by atoms with Crippen molar-refractivity contribution in [1.29, 1.82) is 0 Å². The third-order valence-electron chi connectivity index (χ3n) is 3.38. The Bertz CT molecular complexity index is 826. The molecule has 0 aliphatic rings. The van der Waals surface area contributed by atoms with Gasteiger partial charge in [0.25, 0.3) is 5.91 Å². The van der Waals surface area contributed by atoms with E-state index in [1.54, 1.807) is 40.0 Å². The van der Waals surface area contributed by atoms with Gasteiger partial charge in [-0.15, -0.1) is 0 Å². The molecule has 2 aromatic rings. The van der Waals surface area contributed by atoms with Crippen molar-refractivity contribution in [2.24, 2.45) is 7.05 Å². The molecule has 1 aromatic carbocycles. The van der Waals surface area contributed by atoms with E-state index in [1.165, 1.54) is 4.68 Å². The molecule has 0 fully saturated rings. The number of amides is 1. The Morgan fingerprint density at radius 3 is 2.55 bits per heavy atom. The number of nitrogens with zero attached hydrogens (tertiary/aromatic N) is 4. The predicted octanol–water partition coefficient (Wildman–Crippen LogP) is 0.873. The van der Waals surface area contributed by atoms with Crippen LogP contribution in [0.4, 0.5) is 5.95 Å². The topological polar surface area (TPSA) is 107 Å². The molecule has 0 spiro atoms. The number of hydrogen-bond acceptors (Lipinski definition) is 6. The van der Waals surface area contributed by atoms with Gasteiger partial charge in [0.2, 0.25) is 5.95 Å². The number of aryl methyl sites for hydroxylation is 2. The monoisotopic (exact) mass is 323 g/mol. The second-order valence-corrected chi connectivity index (χ2v) is 7.08. The van der Waals surface area contributed by atoms with E-state index in [-0.39, 0.29) is 22.2 Å². The van der Waals surface area contributed by atoms with Crippen LogP contribution in [0.3, 0.4) is 0 Å². The van der Waals surface area contributed by atoms with E-state index >= 15 is 0 Å². The van der Waals surface area contributed by atoms with Crippen LogP contribution in [-0.4, -0.2) is 40.3 Å². The zero-order chi connectivity index (χ0) is 16.5. The van der Waals surface area contributed by atoms with Crippen LogP contribution in [0, 0.1) is 13.8 Å². The van der Waals surface area contributed by atoms with Crippen LogP contribution in [0.5, 0.6) is 0 Å². The molecule has 0 saturated heterocycles. The summed E-state index contributed by atoms with van der Waals surface area (Å²) in [6.07, 6.45) is 0. The average Bonchev–Trinajstić information content (AvgIpc) is 2.84. The van der Waals surface area contributed by atoms with Gasteiger partial charge in [-0.3, -0.25) is 10.1 Å². The third kappa shape index (κ3) is 2.84. The van der Waals surface area contributed by atoms with E-state index in [1.807, 2.05) is 0 Å². The van der Waals surface area contributed by atoms with Gasteiger partial charge in [-0.05, 0) is 41.5 Å². The molecule has 0 radical (unpaired) electrons. The quantitative estimate of drug-likeness (QED) is 0.895. The summed E-state index contributed by atoms with van der Waals surface area (Å²) < 4.78 is 25.8. The smallest absolute Gasteiger partial charge is 0.258 e. The first kappa shape index (κ1) is 16.1. The van der Waals surface area contributed by atoms with E-state index in [0.717, 1.165) is 0 Å². The number of aromatic nitrogens is 4. The number of anilines is 1. The van der Waals surface area contributed by atoms with Crippen molar-refractivity contribution in [1.82, 2.24) is 20.2 Å². The maximum absolute atomic E-state index is 12.3. The lowest BCUT2D eigenvalue weighted by Crippen LogP contribution is -2.18. The Hall–Kier alpha value is -2.29. The lowest BCUT2D eigenvalue weighted by atomic mass is 10.1. The van der Waals surface area contributed by atoms with Gasteiger partial charge < -0.3 is 0 Å². The van der Waals surface area contributed by atoms with Gasteiger partial charge in [0.15, 0.2) is 9.84 Å². The molecular weight excluding hydrogens is 306 g/mol. The molecule has 0 saturated carbocycles. The van der Waals surface area contributed by atoms with Crippen molar-refractivity contribution in [2.45, 2.75) is 25.7 Å². The summed E-state index contributed by atoms with van der Waals surface area (Å²) in [7, 11) is -1.82. The van der Waals surface area contributed by atoms with Gasteiger partial charge in [0.05, 0.1) is 10.6 Å². The molecule has 1 heterocycles. The number of nitrogens with one attached hydrogen (secondary N) is 1. The van der Waals surface area contributed by atoms with Crippen LogP contribution in [0.15, 0.2) is 17.0 Å². The fourth-order valence-corrected chi connectivity index (χ4v) is 3.62. The molecule has 118 valence electrons. The Labute approximate surface area is 128 Å². The minimum absolute atomic E-state index is 0.0209. The summed E-state index contributed by atoms with van der Waals surface area (Å²) >= 11 is 0. The van der Waals surface area contributed by atoms with Crippen molar-refractivity contribution in [3.05, 3.63) is 28.8 Å². The minimum atomic E-state index is -3.41. The average molecular weight is 323 g/mol. The SMILES string of the molecule is CCS(=O)(=O)c1c(C)ccc(C(=O)Nc2nnnn2C)c1C. The van der Waals surface area contributed by atoms with Gasteiger partial charge in [-0.25, -0.2) is 13.1 Å². The molecule has 2 rings (SSSR count). The Kier molecular flexibility index (Phi) is 4.27. The molecule has 0 atom stereocenters. The van der Waals surface area contributed by atoms with Crippen LogP contribution in [0.2, 0.25) is 0 Å². The molecule has 0 unspecified atom stereocenters. The van der Waals surface area contributed by atoms with Gasteiger partial charge in [0, 0.05) is 12.6 Å². The van der Waals surface area contributed by atoms with Crippen molar-refractivity contribution >= 4 is 21.7 Å². The normalized spacial score (nSPS) is 11.5. The number of rotatable bonds is 4. The van der Waals surface area contributed by atoms with Crippen LogP contribution < -0.4 is 5.32 Å². The van der Waals surface area contributed by atoms with Gasteiger partial charge in [-0.2, -0.15) is 0 Å². The summed E-state index contributed by atoms with van der Waals surface area (Å²) in [6, 6.07) is 3.22. The maximum atomic E-state index is 12.3. The van der Waals surface area contributed by atoms with E-state index < -0.39 is 15.7 Å². The highest BCUT2D eigenvalue weighted by Crippen LogP contribution is 2.24. The molecule has 1 N–H and O–H groups in total. The second kappa shape index (κ2) is 5.84. The van der Waals surface area contributed by atoms with Crippen molar-refractivity contribution in [3.8, 4) is 0 Å². The van der Waals surface area contributed by atoms with Crippen LogP contribution in [0.1, 0.15) is 28.4 Å². The summed E-state index contributed by atoms with van der Waals surface area (Å²) in [5.74, 6) is -0.291. The highest BCUT2D eigenvalue weighted by Gasteiger charge is 2.22. The Balaban J connectivity index is 2.47. The van der Waals surface area contributed by atoms with E-state index in [2.05, 4.69) is 20.8 Å². The van der Waals surface area contributed by atoms with Crippen LogP contribution in [0.25, 0.3) is 0 Å². The molecule has 0 aliphatic carbocycles. The first-order chi connectivity index (χ1) is 10.3. The molecule has 8 nitrogen and oxygen atoms in total. The Morgan fingerprint density at radius 2 is 2.00 bits per heavy atom.